The fourth-order valence-electron chi connectivity index (χ4n) is 2.75. The van der Waals surface area contributed by atoms with Gasteiger partial charge in [-0.3, -0.25) is 9.78 Å². The molecular weight excluding hydrogens is 281 g/mol. The number of carbonyl (C=O) groups excluding carboxylic acids is 1. The van der Waals surface area contributed by atoms with E-state index in [0.717, 1.165) is 18.4 Å². The van der Waals surface area contributed by atoms with Gasteiger partial charge in [-0.2, -0.15) is 13.2 Å². The predicted octanol–water partition coefficient (Wildman–Crippen LogP) is 3.42. The van der Waals surface area contributed by atoms with Crippen LogP contribution in [0.4, 0.5) is 13.2 Å². The van der Waals surface area contributed by atoms with Crippen LogP contribution in [0.25, 0.3) is 0 Å². The molecule has 0 atom stereocenters. The van der Waals surface area contributed by atoms with Gasteiger partial charge < -0.3 is 5.32 Å². The molecule has 3 rings (SSSR count). The highest BCUT2D eigenvalue weighted by atomic mass is 19.4. The minimum atomic E-state index is -4.26. The Kier molecular flexibility index (Phi) is 3.42. The van der Waals surface area contributed by atoms with E-state index in [-0.39, 0.29) is 25.1 Å². The van der Waals surface area contributed by atoms with Gasteiger partial charge in [0.25, 0.3) is 5.91 Å². The second-order valence-corrected chi connectivity index (χ2v) is 6.06. The molecule has 1 amide bonds. The van der Waals surface area contributed by atoms with Crippen molar-refractivity contribution in [2.45, 2.75) is 44.2 Å². The van der Waals surface area contributed by atoms with E-state index in [2.05, 4.69) is 10.3 Å². The van der Waals surface area contributed by atoms with Gasteiger partial charge in [-0.1, -0.05) is 6.42 Å². The van der Waals surface area contributed by atoms with Crippen LogP contribution < -0.4 is 5.32 Å². The smallest absolute Gasteiger partial charge is 0.350 e. The number of nitrogens with zero attached hydrogens (tertiary/aromatic N) is 1. The van der Waals surface area contributed by atoms with Crippen molar-refractivity contribution in [1.29, 1.82) is 0 Å². The molecule has 0 radical (unpaired) electrons. The molecule has 1 aromatic rings. The van der Waals surface area contributed by atoms with Crippen molar-refractivity contribution in [2.24, 2.45) is 5.41 Å². The van der Waals surface area contributed by atoms with E-state index in [1.807, 2.05) is 6.07 Å². The van der Waals surface area contributed by atoms with Gasteiger partial charge in [0.05, 0.1) is 5.41 Å². The first-order valence-corrected chi connectivity index (χ1v) is 7.22. The summed E-state index contributed by atoms with van der Waals surface area (Å²) in [5.74, 6) is -0.0410. The molecule has 1 aromatic heterocycles. The third kappa shape index (κ3) is 2.76. The van der Waals surface area contributed by atoms with Gasteiger partial charge in [-0.15, -0.1) is 0 Å². The van der Waals surface area contributed by atoms with Gasteiger partial charge in [-0.05, 0) is 49.3 Å². The van der Waals surface area contributed by atoms with Crippen LogP contribution >= 0.6 is 0 Å². The third-order valence-electron chi connectivity index (χ3n) is 4.56. The summed E-state index contributed by atoms with van der Waals surface area (Å²) in [4.78, 5) is 16.0. The molecule has 0 unspecified atom stereocenters. The van der Waals surface area contributed by atoms with Gasteiger partial charge >= 0.3 is 6.18 Å². The molecule has 0 spiro atoms. The second kappa shape index (κ2) is 5.00. The Hall–Kier alpha value is -1.59. The zero-order valence-corrected chi connectivity index (χ0v) is 11.5. The number of aromatic nitrogens is 1. The Labute approximate surface area is 120 Å². The molecule has 0 bridgehead atoms. The lowest BCUT2D eigenvalue weighted by molar-refractivity contribution is -0.247. The number of halogens is 3. The minimum Gasteiger partial charge on any atom is -0.350 e. The first kappa shape index (κ1) is 14.4. The SMILES string of the molecule is O=C(NCC1(C(F)(F)F)CCC1)c1cc(C2CC2)ccn1. The highest BCUT2D eigenvalue weighted by molar-refractivity contribution is 5.92. The largest absolute Gasteiger partial charge is 0.396 e. The van der Waals surface area contributed by atoms with E-state index in [9.17, 15) is 18.0 Å². The normalized spacial score (nSPS) is 20.7. The molecule has 2 fully saturated rings. The van der Waals surface area contributed by atoms with E-state index >= 15 is 0 Å². The van der Waals surface area contributed by atoms with Crippen LogP contribution in [-0.4, -0.2) is 23.6 Å². The summed E-state index contributed by atoms with van der Waals surface area (Å²) < 4.78 is 39.1. The molecule has 21 heavy (non-hydrogen) atoms. The van der Waals surface area contributed by atoms with Gasteiger partial charge in [0, 0.05) is 12.7 Å². The molecule has 3 nitrogen and oxygen atoms in total. The summed E-state index contributed by atoms with van der Waals surface area (Å²) in [6, 6.07) is 3.55. The second-order valence-electron chi connectivity index (χ2n) is 6.06. The van der Waals surface area contributed by atoms with Gasteiger partial charge in [0.15, 0.2) is 0 Å². The quantitative estimate of drug-likeness (QED) is 0.925. The van der Waals surface area contributed by atoms with Crippen molar-refractivity contribution in [1.82, 2.24) is 10.3 Å². The monoisotopic (exact) mass is 298 g/mol. The maximum atomic E-state index is 13.0. The Morgan fingerprint density at radius 1 is 1.38 bits per heavy atom. The average molecular weight is 298 g/mol. The fraction of sp³-hybridized carbons (Fsp3) is 0.600. The lowest BCUT2D eigenvalue weighted by Crippen LogP contribution is -2.51. The van der Waals surface area contributed by atoms with Crippen molar-refractivity contribution >= 4 is 5.91 Å². The third-order valence-corrected chi connectivity index (χ3v) is 4.56. The number of amides is 1. The first-order valence-electron chi connectivity index (χ1n) is 7.22. The lowest BCUT2D eigenvalue weighted by Gasteiger charge is -2.43. The number of nitrogens with one attached hydrogen (secondary N) is 1. The predicted molar refractivity (Wildman–Crippen MR) is 70.9 cm³/mol. The average Bonchev–Trinajstić information content (AvgIpc) is 3.20. The molecule has 2 aliphatic carbocycles. The first-order chi connectivity index (χ1) is 9.91. The van der Waals surface area contributed by atoms with Crippen molar-refractivity contribution in [3.8, 4) is 0 Å². The van der Waals surface area contributed by atoms with Crippen LogP contribution in [0.15, 0.2) is 18.3 Å². The van der Waals surface area contributed by atoms with E-state index < -0.39 is 17.5 Å². The van der Waals surface area contributed by atoms with Crippen molar-refractivity contribution in [2.75, 3.05) is 6.54 Å². The van der Waals surface area contributed by atoms with Crippen molar-refractivity contribution in [3.05, 3.63) is 29.6 Å². The lowest BCUT2D eigenvalue weighted by atomic mass is 9.68. The minimum absolute atomic E-state index is 0.0896. The Morgan fingerprint density at radius 3 is 2.62 bits per heavy atom. The van der Waals surface area contributed by atoms with Crippen molar-refractivity contribution < 1.29 is 18.0 Å². The maximum Gasteiger partial charge on any atom is 0.396 e. The fourth-order valence-corrected chi connectivity index (χ4v) is 2.75. The summed E-state index contributed by atoms with van der Waals surface area (Å²) in [7, 11) is 0. The molecule has 0 aromatic carbocycles. The number of hydrogen-bond acceptors (Lipinski definition) is 2. The van der Waals surface area contributed by atoms with Crippen LogP contribution in [0.3, 0.4) is 0 Å². The Balaban J connectivity index is 1.65. The summed E-state index contributed by atoms with van der Waals surface area (Å²) in [6.07, 6.45) is 0.223. The van der Waals surface area contributed by atoms with Crippen LogP contribution in [0.2, 0.25) is 0 Å². The Bertz CT molecular complexity index is 548. The van der Waals surface area contributed by atoms with Gasteiger partial charge in [-0.25, -0.2) is 0 Å². The molecular formula is C15H17F3N2O. The van der Waals surface area contributed by atoms with Crippen LogP contribution in [0, 0.1) is 5.41 Å². The highest BCUT2D eigenvalue weighted by Crippen LogP contribution is 2.52. The molecule has 1 heterocycles. The zero-order valence-electron chi connectivity index (χ0n) is 11.5. The summed E-state index contributed by atoms with van der Waals surface area (Å²) in [6.45, 7) is -0.356. The molecule has 0 saturated heterocycles. The van der Waals surface area contributed by atoms with Gasteiger partial charge in [0.1, 0.15) is 5.69 Å². The summed E-state index contributed by atoms with van der Waals surface area (Å²) in [5.41, 5.74) is -0.489. The molecule has 2 saturated carbocycles. The summed E-state index contributed by atoms with van der Waals surface area (Å²) in [5, 5.41) is 2.41. The number of pyridine rings is 1. The number of alkyl halides is 3. The van der Waals surface area contributed by atoms with E-state index in [4.69, 9.17) is 0 Å². The zero-order chi connectivity index (χ0) is 15.1. The molecule has 0 aliphatic heterocycles. The van der Waals surface area contributed by atoms with Gasteiger partial charge in [0.2, 0.25) is 0 Å². The van der Waals surface area contributed by atoms with Crippen LogP contribution in [0.1, 0.15) is 54.1 Å². The number of hydrogen-bond donors (Lipinski definition) is 1. The van der Waals surface area contributed by atoms with Crippen LogP contribution in [0.5, 0.6) is 0 Å². The van der Waals surface area contributed by atoms with E-state index in [0.29, 0.717) is 12.3 Å². The van der Waals surface area contributed by atoms with E-state index in [1.54, 1.807) is 12.3 Å². The number of rotatable bonds is 4. The topological polar surface area (TPSA) is 42.0 Å². The molecule has 1 N–H and O–H groups in total. The highest BCUT2D eigenvalue weighted by Gasteiger charge is 2.58. The van der Waals surface area contributed by atoms with Crippen LogP contribution in [-0.2, 0) is 0 Å². The van der Waals surface area contributed by atoms with Crippen molar-refractivity contribution in [3.63, 3.8) is 0 Å². The number of carbonyl (C=O) groups is 1. The standard InChI is InChI=1S/C15H17F3N2O/c16-15(17,18)14(5-1-6-14)9-20-13(21)12-8-11(4-7-19-12)10-2-3-10/h4,7-8,10H,1-3,5-6,9H2,(H,20,21). The Morgan fingerprint density at radius 2 is 2.10 bits per heavy atom. The molecule has 114 valence electrons. The maximum absolute atomic E-state index is 13.0. The van der Waals surface area contributed by atoms with E-state index in [1.165, 1.54) is 0 Å². The molecule has 6 heteroatoms. The summed E-state index contributed by atoms with van der Waals surface area (Å²) >= 11 is 0. The molecule has 2 aliphatic rings.